The summed E-state index contributed by atoms with van der Waals surface area (Å²) in [6, 6.07) is 3.27. The molecule has 1 heterocycles. The number of halogens is 1. The molecule has 92 valence electrons. The van der Waals surface area contributed by atoms with E-state index in [9.17, 15) is 13.2 Å². The lowest BCUT2D eigenvalue weighted by molar-refractivity contribution is -0.115. The van der Waals surface area contributed by atoms with E-state index in [4.69, 9.17) is 15.4 Å². The summed E-state index contributed by atoms with van der Waals surface area (Å²) in [4.78, 5) is 11.3. The summed E-state index contributed by atoms with van der Waals surface area (Å²) in [6.07, 6.45) is 0.224. The Morgan fingerprint density at radius 3 is 2.76 bits per heavy atom. The molecule has 1 aromatic carbocycles. The largest absolute Gasteiger partial charge is 0.497 e. The predicted molar refractivity (Wildman–Crippen MR) is 63.8 cm³/mol. The van der Waals surface area contributed by atoms with Crippen molar-refractivity contribution < 1.29 is 17.9 Å². The molecule has 1 amide bonds. The van der Waals surface area contributed by atoms with Gasteiger partial charge in [0.2, 0.25) is 15.0 Å². The monoisotopic (exact) mass is 275 g/mol. The van der Waals surface area contributed by atoms with Crippen molar-refractivity contribution in [2.75, 3.05) is 12.4 Å². The molecule has 7 heteroatoms. The van der Waals surface area contributed by atoms with Crippen molar-refractivity contribution in [1.29, 1.82) is 0 Å². The third kappa shape index (κ3) is 2.70. The maximum atomic E-state index is 11.3. The lowest BCUT2D eigenvalue weighted by Gasteiger charge is -2.09. The Hall–Kier alpha value is -1.27. The van der Waals surface area contributed by atoms with Gasteiger partial charge in [-0.2, -0.15) is 0 Å². The number of ether oxygens (including phenoxy) is 1. The van der Waals surface area contributed by atoms with Gasteiger partial charge in [-0.3, -0.25) is 4.79 Å². The highest BCUT2D eigenvalue weighted by Gasteiger charge is 2.24. The van der Waals surface area contributed by atoms with Crippen LogP contribution in [-0.4, -0.2) is 21.4 Å². The summed E-state index contributed by atoms with van der Waals surface area (Å²) >= 11 is 0. The summed E-state index contributed by atoms with van der Waals surface area (Å²) in [5.74, 6) is 0.00556. The Morgan fingerprint density at radius 2 is 2.18 bits per heavy atom. The van der Waals surface area contributed by atoms with Crippen molar-refractivity contribution in [2.24, 2.45) is 0 Å². The van der Waals surface area contributed by atoms with E-state index in [1.807, 2.05) is 0 Å². The normalized spacial score (nSPS) is 14.4. The molecule has 0 atom stereocenters. The molecule has 2 rings (SSSR count). The molecule has 0 aliphatic carbocycles. The molecule has 1 aliphatic rings. The van der Waals surface area contributed by atoms with Crippen LogP contribution in [0.4, 0.5) is 5.69 Å². The second-order valence-corrected chi connectivity index (χ2v) is 6.51. The number of benzene rings is 1. The minimum Gasteiger partial charge on any atom is -0.497 e. The predicted octanol–water partition coefficient (Wildman–Crippen LogP) is 1.26. The smallest absolute Gasteiger partial charge is 0.236 e. The van der Waals surface area contributed by atoms with Crippen LogP contribution in [0, 0.1) is 0 Å². The molecule has 0 saturated heterocycles. The van der Waals surface area contributed by atoms with Crippen molar-refractivity contribution in [3.05, 3.63) is 23.3 Å². The van der Waals surface area contributed by atoms with Gasteiger partial charge in [-0.15, -0.1) is 0 Å². The van der Waals surface area contributed by atoms with E-state index < -0.39 is 9.05 Å². The molecular weight excluding hydrogens is 266 g/mol. The highest BCUT2D eigenvalue weighted by atomic mass is 35.7. The quantitative estimate of drug-likeness (QED) is 0.843. The van der Waals surface area contributed by atoms with Crippen molar-refractivity contribution in [3.8, 4) is 5.75 Å². The lowest BCUT2D eigenvalue weighted by atomic mass is 10.1. The van der Waals surface area contributed by atoms with Crippen LogP contribution in [-0.2, 0) is 26.0 Å². The second kappa shape index (κ2) is 4.19. The zero-order valence-electron chi connectivity index (χ0n) is 8.99. The molecular formula is C10H10ClNO4S. The van der Waals surface area contributed by atoms with Crippen molar-refractivity contribution >= 4 is 31.3 Å². The van der Waals surface area contributed by atoms with Crippen LogP contribution in [0.25, 0.3) is 0 Å². The van der Waals surface area contributed by atoms with Gasteiger partial charge in [0.1, 0.15) is 5.75 Å². The first-order chi connectivity index (χ1) is 7.89. The topological polar surface area (TPSA) is 72.5 Å². The number of nitrogens with one attached hydrogen (secondary N) is 1. The maximum Gasteiger partial charge on any atom is 0.236 e. The number of rotatable bonds is 3. The van der Waals surface area contributed by atoms with Gasteiger partial charge in [0.05, 0.1) is 19.3 Å². The van der Waals surface area contributed by atoms with E-state index in [1.54, 1.807) is 12.1 Å². The third-order valence-electron chi connectivity index (χ3n) is 2.45. The SMILES string of the molecule is COc1cc2c(c(CS(=O)(=O)Cl)c1)NC(=O)C2. The fourth-order valence-corrected chi connectivity index (χ4v) is 2.76. The van der Waals surface area contributed by atoms with Gasteiger partial charge in [-0.1, -0.05) is 0 Å². The highest BCUT2D eigenvalue weighted by Crippen LogP contribution is 2.33. The van der Waals surface area contributed by atoms with E-state index in [0.29, 0.717) is 17.0 Å². The molecule has 0 spiro atoms. The van der Waals surface area contributed by atoms with Crippen LogP contribution in [0.1, 0.15) is 11.1 Å². The van der Waals surface area contributed by atoms with E-state index in [1.165, 1.54) is 7.11 Å². The van der Waals surface area contributed by atoms with Gasteiger partial charge in [0.25, 0.3) is 0 Å². The maximum absolute atomic E-state index is 11.3. The number of anilines is 1. The molecule has 17 heavy (non-hydrogen) atoms. The molecule has 1 aromatic rings. The minimum absolute atomic E-state index is 0.165. The van der Waals surface area contributed by atoms with E-state index in [-0.39, 0.29) is 18.1 Å². The molecule has 5 nitrogen and oxygen atoms in total. The van der Waals surface area contributed by atoms with E-state index >= 15 is 0 Å². The molecule has 0 saturated carbocycles. The van der Waals surface area contributed by atoms with Gasteiger partial charge in [-0.25, -0.2) is 8.42 Å². The molecule has 0 unspecified atom stereocenters. The number of carbonyl (C=O) groups excluding carboxylic acids is 1. The second-order valence-electron chi connectivity index (χ2n) is 3.73. The van der Waals surface area contributed by atoms with Crippen LogP contribution >= 0.6 is 10.7 Å². The first-order valence-electron chi connectivity index (χ1n) is 4.81. The van der Waals surface area contributed by atoms with E-state index in [0.717, 1.165) is 5.56 Å². The Balaban J connectivity index is 2.51. The fourth-order valence-electron chi connectivity index (χ4n) is 1.81. The average molecular weight is 276 g/mol. The van der Waals surface area contributed by atoms with Crippen LogP contribution < -0.4 is 10.1 Å². The van der Waals surface area contributed by atoms with Crippen molar-refractivity contribution in [1.82, 2.24) is 0 Å². The number of hydrogen-bond acceptors (Lipinski definition) is 4. The Kier molecular flexibility index (Phi) is 3.01. The Bertz CT molecular complexity index is 582. The number of fused-ring (bicyclic) bond motifs is 1. The first-order valence-corrected chi connectivity index (χ1v) is 7.29. The molecule has 0 fully saturated rings. The molecule has 0 bridgehead atoms. The number of amides is 1. The minimum atomic E-state index is -3.68. The third-order valence-corrected chi connectivity index (χ3v) is 3.44. The van der Waals surface area contributed by atoms with Gasteiger partial charge >= 0.3 is 0 Å². The summed E-state index contributed by atoms with van der Waals surface area (Å²) in [5, 5.41) is 2.62. The van der Waals surface area contributed by atoms with Crippen LogP contribution in [0.15, 0.2) is 12.1 Å². The number of carbonyl (C=O) groups is 1. The zero-order valence-corrected chi connectivity index (χ0v) is 10.6. The van der Waals surface area contributed by atoms with E-state index in [2.05, 4.69) is 5.32 Å². The molecule has 1 N–H and O–H groups in total. The number of methoxy groups -OCH3 is 1. The van der Waals surface area contributed by atoms with Crippen LogP contribution in [0.3, 0.4) is 0 Å². The Morgan fingerprint density at radius 1 is 1.47 bits per heavy atom. The summed E-state index contributed by atoms with van der Waals surface area (Å²) in [6.45, 7) is 0. The summed E-state index contributed by atoms with van der Waals surface area (Å²) in [7, 11) is 3.02. The summed E-state index contributed by atoms with van der Waals surface area (Å²) in [5.41, 5.74) is 1.70. The Labute approximate surface area is 103 Å². The summed E-state index contributed by atoms with van der Waals surface area (Å²) < 4.78 is 27.2. The first kappa shape index (κ1) is 12.2. The number of hydrogen-bond donors (Lipinski definition) is 1. The van der Waals surface area contributed by atoms with Gasteiger partial charge in [0.15, 0.2) is 0 Å². The zero-order chi connectivity index (χ0) is 12.6. The highest BCUT2D eigenvalue weighted by molar-refractivity contribution is 8.13. The van der Waals surface area contributed by atoms with Crippen LogP contribution in [0.2, 0.25) is 0 Å². The molecule has 0 aromatic heterocycles. The lowest BCUT2D eigenvalue weighted by Crippen LogP contribution is -2.06. The van der Waals surface area contributed by atoms with Crippen LogP contribution in [0.5, 0.6) is 5.75 Å². The van der Waals surface area contributed by atoms with Gasteiger partial charge < -0.3 is 10.1 Å². The van der Waals surface area contributed by atoms with Crippen molar-refractivity contribution in [2.45, 2.75) is 12.2 Å². The van der Waals surface area contributed by atoms with Gasteiger partial charge in [0, 0.05) is 16.4 Å². The van der Waals surface area contributed by atoms with Gasteiger partial charge in [-0.05, 0) is 23.3 Å². The average Bonchev–Trinajstić information content (AvgIpc) is 2.56. The molecule has 0 radical (unpaired) electrons. The molecule has 1 aliphatic heterocycles. The van der Waals surface area contributed by atoms with Crippen molar-refractivity contribution in [3.63, 3.8) is 0 Å². The standard InChI is InChI=1S/C10H10ClNO4S/c1-16-8-2-6-4-9(13)12-10(6)7(3-8)5-17(11,14)15/h2-3H,4-5H2,1H3,(H,12,13). The fraction of sp³-hybridized carbons (Fsp3) is 0.300.